The van der Waals surface area contributed by atoms with Crippen LogP contribution in [0.25, 0.3) is 11.1 Å². The summed E-state index contributed by atoms with van der Waals surface area (Å²) < 4.78 is 0. The van der Waals surface area contributed by atoms with E-state index in [4.69, 9.17) is 23.2 Å². The van der Waals surface area contributed by atoms with Crippen molar-refractivity contribution in [2.45, 2.75) is 161 Å². The Morgan fingerprint density at radius 1 is 0.436 bits per heavy atom. The molecule has 3 rings (SSSR count). The molecule has 39 heavy (non-hydrogen) atoms. The van der Waals surface area contributed by atoms with Gasteiger partial charge in [-0.1, -0.05) is 178 Å². The molecule has 218 valence electrons. The van der Waals surface area contributed by atoms with Crippen molar-refractivity contribution in [3.05, 3.63) is 57.6 Å². The SMILES string of the molecule is CCCCCCCCCCCCC1(CCCCCCCCCCCC)c2cc(Cl)ccc2-c2ccc(Cl)cc21. The quantitative estimate of drug-likeness (QED) is 0.123. The molecular weight excluding hydrogens is 515 g/mol. The number of hydrogen-bond donors (Lipinski definition) is 0. The molecule has 1 aliphatic carbocycles. The maximum absolute atomic E-state index is 6.63. The first kappa shape index (κ1) is 32.5. The molecule has 0 nitrogen and oxygen atoms in total. The summed E-state index contributed by atoms with van der Waals surface area (Å²) in [5.74, 6) is 0. The Hall–Kier alpha value is -0.980. The van der Waals surface area contributed by atoms with Crippen LogP contribution in [0.15, 0.2) is 36.4 Å². The average molecular weight is 572 g/mol. The zero-order valence-corrected chi connectivity index (χ0v) is 26.8. The predicted octanol–water partition coefficient (Wildman–Crippen LogP) is 13.9. The summed E-state index contributed by atoms with van der Waals surface area (Å²) in [5.41, 5.74) is 5.73. The van der Waals surface area contributed by atoms with E-state index >= 15 is 0 Å². The minimum atomic E-state index is 0.0563. The lowest BCUT2D eigenvalue weighted by Gasteiger charge is -2.33. The smallest absolute Gasteiger partial charge is 0.0409 e. The standard InChI is InChI=1S/C37H56Cl2/c1-3-5-7-9-11-13-15-17-19-21-27-37(28-22-20-18-16-14-12-10-8-6-4-2)35-29-31(38)23-25-33(35)34-26-24-32(39)30-36(34)37/h23-26,29-30H,3-22,27-28H2,1-2H3. The van der Waals surface area contributed by atoms with Crippen LogP contribution in [0.1, 0.15) is 166 Å². The van der Waals surface area contributed by atoms with Crippen LogP contribution in [0.4, 0.5) is 0 Å². The second kappa shape index (κ2) is 18.5. The van der Waals surface area contributed by atoms with Crippen molar-refractivity contribution in [2.24, 2.45) is 0 Å². The van der Waals surface area contributed by atoms with E-state index in [1.54, 1.807) is 0 Å². The van der Waals surface area contributed by atoms with Gasteiger partial charge >= 0.3 is 0 Å². The topological polar surface area (TPSA) is 0 Å². The number of benzene rings is 2. The van der Waals surface area contributed by atoms with Crippen LogP contribution in [-0.4, -0.2) is 0 Å². The third-order valence-electron chi connectivity index (χ3n) is 9.20. The van der Waals surface area contributed by atoms with Gasteiger partial charge in [-0.05, 0) is 59.4 Å². The number of unbranched alkanes of at least 4 members (excludes halogenated alkanes) is 18. The molecule has 0 aromatic heterocycles. The van der Waals surface area contributed by atoms with Gasteiger partial charge in [0.15, 0.2) is 0 Å². The van der Waals surface area contributed by atoms with Crippen LogP contribution in [0, 0.1) is 0 Å². The van der Waals surface area contributed by atoms with Crippen LogP contribution in [-0.2, 0) is 5.41 Å². The summed E-state index contributed by atoms with van der Waals surface area (Å²) >= 11 is 13.3. The Labute approximate surface area is 251 Å². The molecular formula is C37H56Cl2. The van der Waals surface area contributed by atoms with E-state index in [9.17, 15) is 0 Å². The molecule has 2 heteroatoms. The average Bonchev–Trinajstić information content (AvgIpc) is 3.19. The molecule has 2 aromatic carbocycles. The minimum absolute atomic E-state index is 0.0563. The zero-order chi connectivity index (χ0) is 27.8. The first-order valence-electron chi connectivity index (χ1n) is 16.7. The van der Waals surface area contributed by atoms with Gasteiger partial charge in [0, 0.05) is 15.5 Å². The number of halogens is 2. The third-order valence-corrected chi connectivity index (χ3v) is 9.67. The van der Waals surface area contributed by atoms with E-state index in [0.29, 0.717) is 0 Å². The summed E-state index contributed by atoms with van der Waals surface area (Å²) in [4.78, 5) is 0. The monoisotopic (exact) mass is 570 g/mol. The van der Waals surface area contributed by atoms with Crippen molar-refractivity contribution in [3.63, 3.8) is 0 Å². The first-order valence-corrected chi connectivity index (χ1v) is 17.5. The summed E-state index contributed by atoms with van der Waals surface area (Å²) in [5, 5.41) is 1.73. The number of rotatable bonds is 22. The second-order valence-electron chi connectivity index (χ2n) is 12.3. The highest BCUT2D eigenvalue weighted by atomic mass is 35.5. The lowest BCUT2D eigenvalue weighted by molar-refractivity contribution is 0.397. The van der Waals surface area contributed by atoms with Gasteiger partial charge in [-0.2, -0.15) is 0 Å². The molecule has 0 unspecified atom stereocenters. The number of hydrogen-bond acceptors (Lipinski definition) is 0. The Morgan fingerprint density at radius 2 is 0.744 bits per heavy atom. The lowest BCUT2D eigenvalue weighted by atomic mass is 9.70. The predicted molar refractivity (Wildman–Crippen MR) is 176 cm³/mol. The van der Waals surface area contributed by atoms with E-state index < -0.39 is 0 Å². The van der Waals surface area contributed by atoms with Gasteiger partial charge in [-0.25, -0.2) is 0 Å². The molecule has 1 aliphatic rings. The van der Waals surface area contributed by atoms with E-state index in [2.05, 4.69) is 50.2 Å². The Morgan fingerprint density at radius 3 is 1.08 bits per heavy atom. The second-order valence-corrected chi connectivity index (χ2v) is 13.2. The van der Waals surface area contributed by atoms with Crippen molar-refractivity contribution >= 4 is 23.2 Å². The van der Waals surface area contributed by atoms with Crippen molar-refractivity contribution in [1.82, 2.24) is 0 Å². The van der Waals surface area contributed by atoms with Gasteiger partial charge in [0.05, 0.1) is 0 Å². The maximum Gasteiger partial charge on any atom is 0.0409 e. The molecule has 0 saturated carbocycles. The normalized spacial score (nSPS) is 13.5. The zero-order valence-electron chi connectivity index (χ0n) is 25.3. The summed E-state index contributed by atoms with van der Waals surface area (Å²) in [6, 6.07) is 13.2. The van der Waals surface area contributed by atoms with Gasteiger partial charge in [-0.15, -0.1) is 0 Å². The van der Waals surface area contributed by atoms with Crippen molar-refractivity contribution in [3.8, 4) is 11.1 Å². The maximum atomic E-state index is 6.63. The van der Waals surface area contributed by atoms with Crippen molar-refractivity contribution in [1.29, 1.82) is 0 Å². The van der Waals surface area contributed by atoms with Crippen molar-refractivity contribution in [2.75, 3.05) is 0 Å². The lowest BCUT2D eigenvalue weighted by Crippen LogP contribution is -2.25. The molecule has 0 atom stereocenters. The van der Waals surface area contributed by atoms with Gasteiger partial charge in [0.25, 0.3) is 0 Å². The van der Waals surface area contributed by atoms with E-state index in [1.165, 1.54) is 164 Å². The molecule has 0 aliphatic heterocycles. The largest absolute Gasteiger partial charge is 0.0843 e. The van der Waals surface area contributed by atoms with Gasteiger partial charge in [-0.3, -0.25) is 0 Å². The van der Waals surface area contributed by atoms with Crippen LogP contribution in [0.5, 0.6) is 0 Å². The Balaban J connectivity index is 1.59. The fourth-order valence-electron chi connectivity index (χ4n) is 6.93. The summed E-state index contributed by atoms with van der Waals surface area (Å²) in [6.07, 6.45) is 30.0. The Kier molecular flexibility index (Phi) is 15.4. The van der Waals surface area contributed by atoms with E-state index in [-0.39, 0.29) is 5.41 Å². The molecule has 0 amide bonds. The van der Waals surface area contributed by atoms with Crippen LogP contribution in [0.2, 0.25) is 10.0 Å². The van der Waals surface area contributed by atoms with Gasteiger partial charge in [0.2, 0.25) is 0 Å². The van der Waals surface area contributed by atoms with E-state index in [1.807, 2.05) is 0 Å². The Bertz CT molecular complexity index is 869. The minimum Gasteiger partial charge on any atom is -0.0843 e. The molecule has 0 saturated heterocycles. The molecule has 0 bridgehead atoms. The molecule has 0 spiro atoms. The van der Waals surface area contributed by atoms with Gasteiger partial charge in [0.1, 0.15) is 0 Å². The summed E-state index contributed by atoms with van der Waals surface area (Å²) in [6.45, 7) is 4.60. The highest BCUT2D eigenvalue weighted by Gasteiger charge is 2.42. The fraction of sp³-hybridized carbons (Fsp3) is 0.676. The fourth-order valence-corrected chi connectivity index (χ4v) is 7.28. The molecule has 0 radical (unpaired) electrons. The molecule has 0 heterocycles. The highest BCUT2D eigenvalue weighted by molar-refractivity contribution is 6.31. The van der Waals surface area contributed by atoms with Crippen LogP contribution >= 0.6 is 23.2 Å². The molecule has 0 N–H and O–H groups in total. The first-order chi connectivity index (χ1) is 19.1. The highest BCUT2D eigenvalue weighted by Crippen LogP contribution is 2.55. The third kappa shape index (κ3) is 10.1. The van der Waals surface area contributed by atoms with Crippen LogP contribution < -0.4 is 0 Å². The molecule has 2 aromatic rings. The number of fused-ring (bicyclic) bond motifs is 3. The molecule has 0 fully saturated rings. The van der Waals surface area contributed by atoms with Crippen LogP contribution in [0.3, 0.4) is 0 Å². The van der Waals surface area contributed by atoms with Gasteiger partial charge < -0.3 is 0 Å². The summed E-state index contributed by atoms with van der Waals surface area (Å²) in [7, 11) is 0. The van der Waals surface area contributed by atoms with E-state index in [0.717, 1.165) is 10.0 Å². The van der Waals surface area contributed by atoms with Crippen molar-refractivity contribution < 1.29 is 0 Å².